The van der Waals surface area contributed by atoms with Crippen LogP contribution in [0.4, 0.5) is 0 Å². The van der Waals surface area contributed by atoms with Crippen LogP contribution in [0.15, 0.2) is 22.9 Å². The molecule has 3 rings (SSSR count). The Morgan fingerprint density at radius 3 is 2.07 bits per heavy atom. The van der Waals surface area contributed by atoms with E-state index in [1.54, 1.807) is 0 Å². The maximum Gasteiger partial charge on any atom is 0.0490 e. The molecule has 3 heteroatoms. The molecule has 2 aromatic rings. The Hall–Kier alpha value is -0.640. The van der Waals surface area contributed by atoms with Crippen LogP contribution in [-0.2, 0) is 13.1 Å². The molecular formula is C12H13NS2. The fourth-order valence-corrected chi connectivity index (χ4v) is 4.15. The summed E-state index contributed by atoms with van der Waals surface area (Å²) in [5, 5.41) is 4.43. The van der Waals surface area contributed by atoms with Gasteiger partial charge in [0.15, 0.2) is 0 Å². The predicted molar refractivity (Wildman–Crippen MR) is 67.4 cm³/mol. The zero-order valence-electron chi connectivity index (χ0n) is 8.69. The van der Waals surface area contributed by atoms with Crippen LogP contribution in [-0.4, -0.2) is 11.4 Å². The first-order chi connectivity index (χ1) is 7.38. The lowest BCUT2D eigenvalue weighted by Gasteiger charge is -2.17. The molecule has 0 unspecified atom stereocenters. The van der Waals surface area contributed by atoms with Gasteiger partial charge in [0.25, 0.3) is 0 Å². The molecule has 0 saturated heterocycles. The summed E-state index contributed by atoms with van der Waals surface area (Å²) in [5.41, 5.74) is 3.01. The van der Waals surface area contributed by atoms with E-state index >= 15 is 0 Å². The summed E-state index contributed by atoms with van der Waals surface area (Å²) in [5.74, 6) is 0. The predicted octanol–water partition coefficient (Wildman–Crippen LogP) is 3.81. The van der Waals surface area contributed by atoms with Gasteiger partial charge in [-0.25, -0.2) is 0 Å². The van der Waals surface area contributed by atoms with E-state index in [9.17, 15) is 0 Å². The van der Waals surface area contributed by atoms with Gasteiger partial charge in [0, 0.05) is 22.8 Å². The minimum absolute atomic E-state index is 1.11. The molecule has 0 atom stereocenters. The fourth-order valence-electron chi connectivity index (χ4n) is 2.08. The van der Waals surface area contributed by atoms with E-state index in [1.807, 2.05) is 22.7 Å². The van der Waals surface area contributed by atoms with E-state index in [2.05, 4.69) is 34.7 Å². The number of rotatable bonds is 1. The van der Waals surface area contributed by atoms with Gasteiger partial charge < -0.3 is 0 Å². The fraction of sp³-hybridized carbons (Fsp3) is 0.333. The molecule has 0 spiro atoms. The monoisotopic (exact) mass is 235 g/mol. The molecule has 0 aromatic carbocycles. The highest BCUT2D eigenvalue weighted by Gasteiger charge is 2.20. The molecule has 3 heterocycles. The number of hydrogen-bond donors (Lipinski definition) is 0. The summed E-state index contributed by atoms with van der Waals surface area (Å²) in [7, 11) is 0. The smallest absolute Gasteiger partial charge is 0.0490 e. The van der Waals surface area contributed by atoms with Gasteiger partial charge in [-0.05, 0) is 40.6 Å². The van der Waals surface area contributed by atoms with Gasteiger partial charge in [-0.1, -0.05) is 6.92 Å². The summed E-state index contributed by atoms with van der Waals surface area (Å²) >= 11 is 3.76. The van der Waals surface area contributed by atoms with Crippen LogP contribution in [0.3, 0.4) is 0 Å². The molecule has 2 aromatic heterocycles. The minimum Gasteiger partial charge on any atom is -0.295 e. The maximum absolute atomic E-state index is 2.50. The SMILES string of the molecule is CCN1Cc2ccsc2-c2sccc2C1. The van der Waals surface area contributed by atoms with Crippen LogP contribution < -0.4 is 0 Å². The Morgan fingerprint density at radius 1 is 1.07 bits per heavy atom. The Bertz CT molecular complexity index is 427. The molecule has 0 fully saturated rings. The van der Waals surface area contributed by atoms with Gasteiger partial charge in [0.1, 0.15) is 0 Å². The second-order valence-corrected chi connectivity index (χ2v) is 5.69. The molecule has 0 bridgehead atoms. The van der Waals surface area contributed by atoms with Crippen molar-refractivity contribution in [2.24, 2.45) is 0 Å². The third-order valence-electron chi connectivity index (χ3n) is 2.93. The molecule has 15 heavy (non-hydrogen) atoms. The topological polar surface area (TPSA) is 3.24 Å². The molecule has 0 N–H and O–H groups in total. The Balaban J connectivity index is 2.16. The van der Waals surface area contributed by atoms with E-state index in [0.29, 0.717) is 0 Å². The zero-order valence-corrected chi connectivity index (χ0v) is 10.3. The lowest BCUT2D eigenvalue weighted by molar-refractivity contribution is 0.275. The van der Waals surface area contributed by atoms with E-state index < -0.39 is 0 Å². The van der Waals surface area contributed by atoms with Crippen LogP contribution >= 0.6 is 22.7 Å². The second kappa shape index (κ2) is 3.74. The second-order valence-electron chi connectivity index (χ2n) is 3.85. The molecule has 1 nitrogen and oxygen atoms in total. The molecule has 0 aliphatic carbocycles. The van der Waals surface area contributed by atoms with E-state index in [4.69, 9.17) is 0 Å². The molecule has 0 saturated carbocycles. The molecule has 0 radical (unpaired) electrons. The summed E-state index contributed by atoms with van der Waals surface area (Å²) in [6, 6.07) is 4.55. The standard InChI is InChI=1S/C12H13NS2/c1-2-13-7-9-3-5-14-11(9)12-10(8-13)4-6-15-12/h3-6H,2,7-8H2,1H3. The van der Waals surface area contributed by atoms with Crippen molar-refractivity contribution in [2.45, 2.75) is 20.0 Å². The zero-order chi connectivity index (χ0) is 10.3. The van der Waals surface area contributed by atoms with Gasteiger partial charge in [-0.3, -0.25) is 4.90 Å². The number of fused-ring (bicyclic) bond motifs is 3. The summed E-state index contributed by atoms with van der Waals surface area (Å²) < 4.78 is 0. The van der Waals surface area contributed by atoms with Gasteiger partial charge in [-0.2, -0.15) is 0 Å². The first-order valence-electron chi connectivity index (χ1n) is 5.24. The summed E-state index contributed by atoms with van der Waals surface area (Å²) in [6.07, 6.45) is 0. The van der Waals surface area contributed by atoms with Crippen LogP contribution in [0.5, 0.6) is 0 Å². The highest BCUT2D eigenvalue weighted by atomic mass is 32.1. The minimum atomic E-state index is 1.11. The Labute approximate surface area is 98.0 Å². The average Bonchev–Trinajstić information content (AvgIpc) is 2.84. The molecule has 1 aliphatic heterocycles. The lowest BCUT2D eigenvalue weighted by Crippen LogP contribution is -2.20. The van der Waals surface area contributed by atoms with Crippen LogP contribution in [0, 0.1) is 0 Å². The molecule has 1 aliphatic rings. The summed E-state index contributed by atoms with van der Waals surface area (Å²) in [6.45, 7) is 5.58. The van der Waals surface area contributed by atoms with Gasteiger partial charge >= 0.3 is 0 Å². The normalized spacial score (nSPS) is 15.8. The Kier molecular flexibility index (Phi) is 2.39. The molecule has 0 amide bonds. The van der Waals surface area contributed by atoms with E-state index in [1.165, 1.54) is 20.9 Å². The lowest BCUT2D eigenvalue weighted by atomic mass is 10.2. The Morgan fingerprint density at radius 2 is 1.60 bits per heavy atom. The highest BCUT2D eigenvalue weighted by Crippen LogP contribution is 2.39. The van der Waals surface area contributed by atoms with Crippen molar-refractivity contribution < 1.29 is 0 Å². The highest BCUT2D eigenvalue weighted by molar-refractivity contribution is 7.20. The number of nitrogens with zero attached hydrogens (tertiary/aromatic N) is 1. The van der Waals surface area contributed by atoms with Gasteiger partial charge in [-0.15, -0.1) is 22.7 Å². The first-order valence-corrected chi connectivity index (χ1v) is 7.00. The average molecular weight is 235 g/mol. The van der Waals surface area contributed by atoms with Gasteiger partial charge in [0.05, 0.1) is 0 Å². The van der Waals surface area contributed by atoms with Crippen LogP contribution in [0.2, 0.25) is 0 Å². The summed E-state index contributed by atoms with van der Waals surface area (Å²) in [4.78, 5) is 5.50. The van der Waals surface area contributed by atoms with Crippen molar-refractivity contribution in [3.05, 3.63) is 34.0 Å². The maximum atomic E-state index is 2.50. The third-order valence-corrected chi connectivity index (χ3v) is 5.01. The third kappa shape index (κ3) is 1.55. The van der Waals surface area contributed by atoms with E-state index in [0.717, 1.165) is 19.6 Å². The van der Waals surface area contributed by atoms with Crippen LogP contribution in [0.25, 0.3) is 9.75 Å². The van der Waals surface area contributed by atoms with Crippen molar-refractivity contribution in [3.63, 3.8) is 0 Å². The van der Waals surface area contributed by atoms with Crippen molar-refractivity contribution in [1.82, 2.24) is 4.90 Å². The van der Waals surface area contributed by atoms with Crippen molar-refractivity contribution in [3.8, 4) is 9.75 Å². The first kappa shape index (κ1) is 9.58. The van der Waals surface area contributed by atoms with Gasteiger partial charge in [0.2, 0.25) is 0 Å². The van der Waals surface area contributed by atoms with Crippen molar-refractivity contribution in [2.75, 3.05) is 6.54 Å². The van der Waals surface area contributed by atoms with Crippen LogP contribution in [0.1, 0.15) is 18.1 Å². The molecular weight excluding hydrogens is 222 g/mol. The van der Waals surface area contributed by atoms with Crippen molar-refractivity contribution >= 4 is 22.7 Å². The quantitative estimate of drug-likeness (QED) is 0.726. The number of hydrogen-bond acceptors (Lipinski definition) is 3. The van der Waals surface area contributed by atoms with E-state index in [-0.39, 0.29) is 0 Å². The van der Waals surface area contributed by atoms with Crippen molar-refractivity contribution in [1.29, 1.82) is 0 Å². The number of thiophene rings is 2. The largest absolute Gasteiger partial charge is 0.295 e. The molecule has 78 valence electrons.